The number of ether oxygens (including phenoxy) is 1. The molecule has 8 nitrogen and oxygen atoms in total. The Morgan fingerprint density at radius 2 is 1.79 bits per heavy atom. The summed E-state index contributed by atoms with van der Waals surface area (Å²) >= 11 is 0. The summed E-state index contributed by atoms with van der Waals surface area (Å²) in [6.45, 7) is 1.35. The van der Waals surface area contributed by atoms with Crippen molar-refractivity contribution >= 4 is 23.3 Å². The van der Waals surface area contributed by atoms with Crippen LogP contribution in [0, 0.1) is 0 Å². The van der Waals surface area contributed by atoms with E-state index >= 15 is 0 Å². The fourth-order valence-corrected chi connectivity index (χ4v) is 3.69. The average Bonchev–Trinajstić information content (AvgIpc) is 3.34. The number of aromatic nitrogens is 1. The molecule has 1 fully saturated rings. The highest BCUT2D eigenvalue weighted by atomic mass is 16.5. The third-order valence-corrected chi connectivity index (χ3v) is 5.40. The Morgan fingerprint density at radius 1 is 1.03 bits per heavy atom. The van der Waals surface area contributed by atoms with Gasteiger partial charge in [-0.1, -0.05) is 24.3 Å². The molecule has 1 unspecified atom stereocenters. The van der Waals surface area contributed by atoms with Crippen LogP contribution >= 0.6 is 0 Å². The molecule has 0 radical (unpaired) electrons. The maximum atomic E-state index is 13.2. The van der Waals surface area contributed by atoms with Crippen LogP contribution in [0.2, 0.25) is 0 Å². The Labute approximate surface area is 192 Å². The summed E-state index contributed by atoms with van der Waals surface area (Å²) < 4.78 is 5.72. The minimum absolute atomic E-state index is 0.0346. The number of amides is 3. The largest absolute Gasteiger partial charge is 0.508 e. The highest BCUT2D eigenvalue weighted by Gasteiger charge is 2.23. The highest BCUT2D eigenvalue weighted by Crippen LogP contribution is 2.22. The van der Waals surface area contributed by atoms with Crippen LogP contribution in [0.15, 0.2) is 73.1 Å². The van der Waals surface area contributed by atoms with E-state index < -0.39 is 0 Å². The fraction of sp³-hybridized carbons (Fsp3) is 0.240. The maximum absolute atomic E-state index is 13.2. The van der Waals surface area contributed by atoms with Gasteiger partial charge in [0.15, 0.2) is 0 Å². The Kier molecular flexibility index (Phi) is 7.16. The van der Waals surface area contributed by atoms with Crippen molar-refractivity contribution in [2.24, 2.45) is 0 Å². The summed E-state index contributed by atoms with van der Waals surface area (Å²) in [5.74, 6) is -0.121. The molecule has 1 aliphatic heterocycles. The van der Waals surface area contributed by atoms with Crippen LogP contribution in [0.1, 0.15) is 28.8 Å². The number of carbonyl (C=O) groups is 2. The lowest BCUT2D eigenvalue weighted by Gasteiger charge is -2.26. The van der Waals surface area contributed by atoms with Gasteiger partial charge >= 0.3 is 6.03 Å². The number of phenolic OH excluding ortho intramolecular Hbond substituents is 1. The van der Waals surface area contributed by atoms with Gasteiger partial charge in [-0.3, -0.25) is 9.78 Å². The number of benzene rings is 2. The molecule has 3 amide bonds. The molecule has 33 heavy (non-hydrogen) atoms. The predicted octanol–water partition coefficient (Wildman–Crippen LogP) is 4.25. The zero-order valence-corrected chi connectivity index (χ0v) is 18.1. The number of hydrogen-bond donors (Lipinski definition) is 3. The normalized spacial score (nSPS) is 15.1. The minimum Gasteiger partial charge on any atom is -0.508 e. The second-order valence-corrected chi connectivity index (χ2v) is 7.85. The molecular formula is C25H26N4O4. The summed E-state index contributed by atoms with van der Waals surface area (Å²) in [6.07, 6.45) is 4.93. The van der Waals surface area contributed by atoms with E-state index in [0.717, 1.165) is 12.8 Å². The zero-order chi connectivity index (χ0) is 23.0. The van der Waals surface area contributed by atoms with Gasteiger partial charge in [0.05, 0.1) is 12.6 Å². The van der Waals surface area contributed by atoms with Crippen molar-refractivity contribution in [3.8, 4) is 5.75 Å². The second-order valence-electron chi connectivity index (χ2n) is 7.85. The number of hydrogen-bond acceptors (Lipinski definition) is 5. The van der Waals surface area contributed by atoms with E-state index in [2.05, 4.69) is 15.6 Å². The van der Waals surface area contributed by atoms with Gasteiger partial charge < -0.3 is 25.4 Å². The van der Waals surface area contributed by atoms with E-state index in [1.54, 1.807) is 71.9 Å². The SMILES string of the molecule is O=C(Nc1cccc(NC(=O)N(Cc2ccccc2O)CC2CCCO2)c1)c1ccncc1. The van der Waals surface area contributed by atoms with Gasteiger partial charge in [-0.2, -0.15) is 0 Å². The maximum Gasteiger partial charge on any atom is 0.322 e. The predicted molar refractivity (Wildman–Crippen MR) is 125 cm³/mol. The molecule has 8 heteroatoms. The zero-order valence-electron chi connectivity index (χ0n) is 18.1. The van der Waals surface area contributed by atoms with E-state index in [4.69, 9.17) is 4.74 Å². The molecule has 1 atom stereocenters. The number of rotatable bonds is 7. The van der Waals surface area contributed by atoms with Crippen molar-refractivity contribution in [1.82, 2.24) is 9.88 Å². The van der Waals surface area contributed by atoms with Crippen molar-refractivity contribution in [2.75, 3.05) is 23.8 Å². The lowest BCUT2D eigenvalue weighted by molar-refractivity contribution is 0.0817. The molecule has 3 N–H and O–H groups in total. The standard InChI is InChI=1S/C25H26N4O4/c30-23-9-2-1-5-19(23)16-29(17-22-8-4-14-33-22)25(32)28-21-7-3-6-20(15-21)27-24(31)18-10-12-26-13-11-18/h1-3,5-7,9-13,15,22,30H,4,8,14,16-17H2,(H,27,31)(H,28,32). The molecule has 2 aromatic carbocycles. The molecule has 3 aromatic rings. The Hall–Kier alpha value is -3.91. The van der Waals surface area contributed by atoms with E-state index in [1.807, 2.05) is 6.07 Å². The first-order valence-electron chi connectivity index (χ1n) is 10.8. The van der Waals surface area contributed by atoms with E-state index in [0.29, 0.717) is 35.7 Å². The van der Waals surface area contributed by atoms with Gasteiger partial charge in [-0.25, -0.2) is 4.79 Å². The Bertz CT molecular complexity index is 1100. The summed E-state index contributed by atoms with van der Waals surface area (Å²) in [7, 11) is 0. The van der Waals surface area contributed by atoms with Crippen molar-refractivity contribution < 1.29 is 19.4 Å². The molecule has 170 valence electrons. The van der Waals surface area contributed by atoms with Crippen molar-refractivity contribution in [1.29, 1.82) is 0 Å². The van der Waals surface area contributed by atoms with Gasteiger partial charge in [-0.15, -0.1) is 0 Å². The van der Waals surface area contributed by atoms with Crippen LogP contribution in [0.3, 0.4) is 0 Å². The summed E-state index contributed by atoms with van der Waals surface area (Å²) in [6, 6.07) is 16.9. The summed E-state index contributed by atoms with van der Waals surface area (Å²) in [4.78, 5) is 31.1. The number of para-hydroxylation sites is 1. The van der Waals surface area contributed by atoms with Crippen LogP contribution < -0.4 is 10.6 Å². The summed E-state index contributed by atoms with van der Waals surface area (Å²) in [5, 5.41) is 15.9. The first kappa shape index (κ1) is 22.3. The van der Waals surface area contributed by atoms with Gasteiger partial charge in [0.25, 0.3) is 5.91 Å². The third kappa shape index (κ3) is 6.08. The highest BCUT2D eigenvalue weighted by molar-refractivity contribution is 6.04. The number of pyridine rings is 1. The van der Waals surface area contributed by atoms with Gasteiger partial charge in [0, 0.05) is 48.0 Å². The lowest BCUT2D eigenvalue weighted by atomic mass is 10.1. The minimum atomic E-state index is -0.314. The van der Waals surface area contributed by atoms with Crippen LogP contribution in [0.4, 0.5) is 16.2 Å². The van der Waals surface area contributed by atoms with Crippen LogP contribution in [-0.2, 0) is 11.3 Å². The first-order chi connectivity index (χ1) is 16.1. The number of carbonyl (C=O) groups excluding carboxylic acids is 2. The molecule has 1 saturated heterocycles. The molecule has 1 aliphatic rings. The van der Waals surface area contributed by atoms with Crippen LogP contribution in [-0.4, -0.2) is 46.2 Å². The van der Waals surface area contributed by atoms with Crippen LogP contribution in [0.5, 0.6) is 5.75 Å². The van der Waals surface area contributed by atoms with E-state index in [9.17, 15) is 14.7 Å². The van der Waals surface area contributed by atoms with E-state index in [-0.39, 0.29) is 30.3 Å². The number of phenols is 1. The molecule has 0 bridgehead atoms. The molecule has 2 heterocycles. The molecular weight excluding hydrogens is 420 g/mol. The smallest absolute Gasteiger partial charge is 0.322 e. The van der Waals surface area contributed by atoms with Crippen molar-refractivity contribution in [3.05, 3.63) is 84.2 Å². The molecule has 0 spiro atoms. The van der Waals surface area contributed by atoms with Gasteiger partial charge in [0.2, 0.25) is 0 Å². The first-order valence-corrected chi connectivity index (χ1v) is 10.8. The molecule has 0 saturated carbocycles. The number of nitrogens with zero attached hydrogens (tertiary/aromatic N) is 2. The van der Waals surface area contributed by atoms with Gasteiger partial charge in [0.1, 0.15) is 5.75 Å². The lowest BCUT2D eigenvalue weighted by Crippen LogP contribution is -2.39. The van der Waals surface area contributed by atoms with Gasteiger partial charge in [-0.05, 0) is 49.2 Å². The molecule has 1 aromatic heterocycles. The quantitative estimate of drug-likeness (QED) is 0.503. The number of nitrogens with one attached hydrogen (secondary N) is 2. The average molecular weight is 447 g/mol. The van der Waals surface area contributed by atoms with E-state index in [1.165, 1.54) is 0 Å². The van der Waals surface area contributed by atoms with Crippen LogP contribution in [0.25, 0.3) is 0 Å². The Balaban J connectivity index is 1.46. The molecule has 4 rings (SSSR count). The molecule has 0 aliphatic carbocycles. The topological polar surface area (TPSA) is 104 Å². The number of urea groups is 1. The fourth-order valence-electron chi connectivity index (χ4n) is 3.69. The third-order valence-electron chi connectivity index (χ3n) is 5.40. The van der Waals surface area contributed by atoms with Crippen molar-refractivity contribution in [3.63, 3.8) is 0 Å². The Morgan fingerprint density at radius 3 is 2.52 bits per heavy atom. The summed E-state index contributed by atoms with van der Waals surface area (Å²) in [5.41, 5.74) is 2.25. The second kappa shape index (κ2) is 10.6. The number of aromatic hydroxyl groups is 1. The van der Waals surface area contributed by atoms with Crippen molar-refractivity contribution in [2.45, 2.75) is 25.5 Å². The monoisotopic (exact) mass is 446 g/mol. The number of anilines is 2.